The van der Waals surface area contributed by atoms with Gasteiger partial charge in [-0.3, -0.25) is 4.79 Å². The highest BCUT2D eigenvalue weighted by atomic mass is 79.9. The molecule has 0 aromatic heterocycles. The van der Waals surface area contributed by atoms with Crippen molar-refractivity contribution in [3.05, 3.63) is 66.7 Å². The molecule has 0 saturated heterocycles. The molecule has 0 N–H and O–H groups in total. The second-order valence-electron chi connectivity index (χ2n) is 4.30. The lowest BCUT2D eigenvalue weighted by molar-refractivity contribution is 0.109. The van der Waals surface area contributed by atoms with Crippen LogP contribution in [0.5, 0.6) is 5.75 Å². The molecule has 0 radical (unpaired) electrons. The van der Waals surface area contributed by atoms with E-state index in [9.17, 15) is 4.79 Å². The highest BCUT2D eigenvalue weighted by Gasteiger charge is 2.02. The fourth-order valence-electron chi connectivity index (χ4n) is 1.80. The van der Waals surface area contributed by atoms with Gasteiger partial charge in [0.25, 0.3) is 0 Å². The molecule has 20 heavy (non-hydrogen) atoms. The Morgan fingerprint density at radius 3 is 2.10 bits per heavy atom. The molecular formula is C17H15BrO2. The maximum Gasteiger partial charge on any atom is 0.228 e. The van der Waals surface area contributed by atoms with E-state index in [1.807, 2.05) is 42.5 Å². The molecule has 3 heteroatoms. The van der Waals surface area contributed by atoms with Crippen LogP contribution >= 0.6 is 15.9 Å². The van der Waals surface area contributed by atoms with Crippen LogP contribution in [0.1, 0.15) is 16.8 Å². The smallest absolute Gasteiger partial charge is 0.228 e. The maximum atomic E-state index is 11.2. The van der Waals surface area contributed by atoms with Crippen LogP contribution < -0.4 is 4.74 Å². The Bertz CT molecular complexity index is 585. The van der Waals surface area contributed by atoms with Gasteiger partial charge >= 0.3 is 0 Å². The van der Waals surface area contributed by atoms with Gasteiger partial charge in [-0.25, -0.2) is 0 Å². The Kier molecular flexibility index (Phi) is 5.13. The second-order valence-corrected chi connectivity index (χ2v) is 5.02. The van der Waals surface area contributed by atoms with Gasteiger partial charge in [0.2, 0.25) is 4.69 Å². The average Bonchev–Trinajstić information content (AvgIpc) is 2.48. The van der Waals surface area contributed by atoms with Crippen LogP contribution in [0.25, 0.3) is 11.1 Å². The third-order valence-corrected chi connectivity index (χ3v) is 3.35. The molecule has 0 bridgehead atoms. The number of hydrogen-bond donors (Lipinski definition) is 0. The van der Waals surface area contributed by atoms with E-state index in [1.54, 1.807) is 12.1 Å². The van der Waals surface area contributed by atoms with Gasteiger partial charge in [-0.2, -0.15) is 0 Å². The van der Waals surface area contributed by atoms with Crippen LogP contribution in [-0.2, 0) is 0 Å². The number of halogens is 1. The van der Waals surface area contributed by atoms with Crippen molar-refractivity contribution >= 4 is 20.6 Å². The van der Waals surface area contributed by atoms with Crippen LogP contribution in [-0.4, -0.2) is 11.3 Å². The zero-order chi connectivity index (χ0) is 14.4. The summed E-state index contributed by atoms with van der Waals surface area (Å²) < 4.78 is 5.46. The highest BCUT2D eigenvalue weighted by molar-refractivity contribution is 9.18. The summed E-state index contributed by atoms with van der Waals surface area (Å²) >= 11 is 2.94. The molecule has 0 unspecified atom stereocenters. The normalized spacial score (nSPS) is 10.1. The van der Waals surface area contributed by atoms with Crippen molar-refractivity contribution in [2.24, 2.45) is 0 Å². The molecule has 0 aliphatic rings. The van der Waals surface area contributed by atoms with E-state index >= 15 is 0 Å². The van der Waals surface area contributed by atoms with Gasteiger partial charge in [-0.15, -0.1) is 6.58 Å². The fourth-order valence-corrected chi connectivity index (χ4v) is 2.06. The highest BCUT2D eigenvalue weighted by Crippen LogP contribution is 2.23. The topological polar surface area (TPSA) is 26.3 Å². The van der Waals surface area contributed by atoms with Gasteiger partial charge < -0.3 is 4.74 Å². The number of rotatable bonds is 6. The average molecular weight is 331 g/mol. The van der Waals surface area contributed by atoms with Crippen molar-refractivity contribution in [3.63, 3.8) is 0 Å². The minimum Gasteiger partial charge on any atom is -0.493 e. The van der Waals surface area contributed by atoms with E-state index in [0.29, 0.717) is 12.2 Å². The number of ether oxygens (including phenoxy) is 1. The quantitative estimate of drug-likeness (QED) is 0.430. The summed E-state index contributed by atoms with van der Waals surface area (Å²) in [6.45, 7) is 4.30. The summed E-state index contributed by atoms with van der Waals surface area (Å²) in [4.78, 5) is 11.2. The van der Waals surface area contributed by atoms with Crippen molar-refractivity contribution in [2.45, 2.75) is 6.42 Å². The summed E-state index contributed by atoms with van der Waals surface area (Å²) in [5.74, 6) is 0.850. The van der Waals surface area contributed by atoms with Crippen LogP contribution in [0.3, 0.4) is 0 Å². The first-order valence-electron chi connectivity index (χ1n) is 6.35. The van der Waals surface area contributed by atoms with Gasteiger partial charge in [0.05, 0.1) is 6.61 Å². The first kappa shape index (κ1) is 14.5. The van der Waals surface area contributed by atoms with Gasteiger partial charge in [-0.1, -0.05) is 30.3 Å². The van der Waals surface area contributed by atoms with Crippen molar-refractivity contribution in [1.29, 1.82) is 0 Å². The summed E-state index contributed by atoms with van der Waals surface area (Å²) in [7, 11) is 0. The molecule has 0 saturated carbocycles. The van der Waals surface area contributed by atoms with E-state index in [2.05, 4.69) is 22.5 Å². The number of carbonyl (C=O) groups is 1. The van der Waals surface area contributed by atoms with Crippen molar-refractivity contribution < 1.29 is 9.53 Å². The molecular weight excluding hydrogens is 316 g/mol. The molecule has 0 atom stereocenters. The van der Waals surface area contributed by atoms with Crippen LogP contribution in [0, 0.1) is 0 Å². The SMILES string of the molecule is C=CCCOc1ccc(-c2ccc(C(=O)Br)cc2)cc1. The van der Waals surface area contributed by atoms with E-state index in [4.69, 9.17) is 4.74 Å². The summed E-state index contributed by atoms with van der Waals surface area (Å²) in [5.41, 5.74) is 2.81. The molecule has 2 aromatic carbocycles. The van der Waals surface area contributed by atoms with Gasteiger partial charge in [-0.05, 0) is 57.7 Å². The Balaban J connectivity index is 2.09. The Morgan fingerprint density at radius 1 is 1.05 bits per heavy atom. The molecule has 0 heterocycles. The van der Waals surface area contributed by atoms with Crippen molar-refractivity contribution in [3.8, 4) is 16.9 Å². The van der Waals surface area contributed by atoms with Gasteiger partial charge in [0.1, 0.15) is 5.75 Å². The molecule has 0 aliphatic heterocycles. The Morgan fingerprint density at radius 2 is 1.60 bits per heavy atom. The minimum atomic E-state index is -0.102. The number of benzene rings is 2. The molecule has 0 amide bonds. The third-order valence-electron chi connectivity index (χ3n) is 2.89. The zero-order valence-electron chi connectivity index (χ0n) is 11.0. The molecule has 2 rings (SSSR count). The summed E-state index contributed by atoms with van der Waals surface area (Å²) in [6.07, 6.45) is 2.67. The number of hydrogen-bond acceptors (Lipinski definition) is 2. The maximum absolute atomic E-state index is 11.2. The first-order chi connectivity index (χ1) is 9.70. The van der Waals surface area contributed by atoms with Gasteiger partial charge in [0.15, 0.2) is 0 Å². The van der Waals surface area contributed by atoms with Crippen LogP contribution in [0.2, 0.25) is 0 Å². The van der Waals surface area contributed by atoms with E-state index in [0.717, 1.165) is 23.3 Å². The zero-order valence-corrected chi connectivity index (χ0v) is 12.6. The van der Waals surface area contributed by atoms with Crippen LogP contribution in [0.4, 0.5) is 0 Å². The predicted octanol–water partition coefficient (Wildman–Crippen LogP) is 4.84. The molecule has 0 aliphatic carbocycles. The lowest BCUT2D eigenvalue weighted by Gasteiger charge is -2.06. The molecule has 2 aromatic rings. The fraction of sp³-hybridized carbons (Fsp3) is 0.118. The minimum absolute atomic E-state index is 0.102. The van der Waals surface area contributed by atoms with Crippen molar-refractivity contribution in [2.75, 3.05) is 6.61 Å². The summed E-state index contributed by atoms with van der Waals surface area (Å²) in [6, 6.07) is 15.4. The predicted molar refractivity (Wildman–Crippen MR) is 85.4 cm³/mol. The standard InChI is InChI=1S/C17H15BrO2/c1-2-3-12-20-16-10-8-14(9-11-16)13-4-6-15(7-5-13)17(18)19/h2,4-11H,1,3,12H2. The van der Waals surface area contributed by atoms with E-state index < -0.39 is 0 Å². The molecule has 2 nitrogen and oxygen atoms in total. The van der Waals surface area contributed by atoms with E-state index in [-0.39, 0.29) is 4.69 Å². The van der Waals surface area contributed by atoms with Crippen LogP contribution in [0.15, 0.2) is 61.2 Å². The largest absolute Gasteiger partial charge is 0.493 e. The third kappa shape index (κ3) is 3.81. The monoisotopic (exact) mass is 330 g/mol. The van der Waals surface area contributed by atoms with Gasteiger partial charge in [0, 0.05) is 5.56 Å². The Hall–Kier alpha value is -1.87. The number of carbonyl (C=O) groups excluding carboxylic acids is 1. The lowest BCUT2D eigenvalue weighted by atomic mass is 10.0. The first-order valence-corrected chi connectivity index (χ1v) is 7.14. The lowest BCUT2D eigenvalue weighted by Crippen LogP contribution is -1.95. The molecule has 0 spiro atoms. The van der Waals surface area contributed by atoms with E-state index in [1.165, 1.54) is 0 Å². The Labute approximate surface area is 127 Å². The van der Waals surface area contributed by atoms with Crippen molar-refractivity contribution in [1.82, 2.24) is 0 Å². The summed E-state index contributed by atoms with van der Waals surface area (Å²) in [5, 5.41) is 0. The second kappa shape index (κ2) is 7.06. The molecule has 0 fully saturated rings. The molecule has 102 valence electrons.